The van der Waals surface area contributed by atoms with Crippen LogP contribution in [0.15, 0.2) is 39.5 Å². The number of aryl methyl sites for hydroxylation is 1. The molecule has 2 amide bonds. The van der Waals surface area contributed by atoms with Crippen LogP contribution < -0.4 is 5.43 Å². The average molecular weight is 612 g/mol. The number of imide groups is 1. The van der Waals surface area contributed by atoms with Crippen LogP contribution in [-0.2, 0) is 31.2 Å². The van der Waals surface area contributed by atoms with Crippen LogP contribution in [0.4, 0.5) is 4.79 Å². The van der Waals surface area contributed by atoms with Gasteiger partial charge in [-0.25, -0.2) is 9.69 Å². The molecule has 2 fully saturated rings. The van der Waals surface area contributed by atoms with E-state index in [1.807, 2.05) is 71.9 Å². The Bertz CT molecular complexity index is 1360. The highest BCUT2D eigenvalue weighted by Crippen LogP contribution is 2.47. The summed E-state index contributed by atoms with van der Waals surface area (Å²) >= 11 is 0. The summed E-state index contributed by atoms with van der Waals surface area (Å²) in [5.74, 6) is -0.0889. The van der Waals surface area contributed by atoms with Crippen molar-refractivity contribution in [3.63, 3.8) is 0 Å². The van der Waals surface area contributed by atoms with Gasteiger partial charge in [-0.1, -0.05) is 85.7 Å². The number of rotatable bonds is 9. The van der Waals surface area contributed by atoms with Gasteiger partial charge in [0.15, 0.2) is 5.43 Å². The smallest absolute Gasteiger partial charge is 0.416 e. The molecule has 1 aromatic carbocycles. The van der Waals surface area contributed by atoms with Crippen molar-refractivity contribution < 1.29 is 27.6 Å². The maximum atomic E-state index is 14.2. The van der Waals surface area contributed by atoms with E-state index in [-0.39, 0.29) is 53.0 Å². The topological polar surface area (TPSA) is 95.3 Å². The van der Waals surface area contributed by atoms with Gasteiger partial charge in [-0.3, -0.25) is 9.59 Å². The molecule has 0 radical (unpaired) electrons. The molecule has 6 atom stereocenters. The van der Waals surface area contributed by atoms with Crippen molar-refractivity contribution in [2.45, 2.75) is 117 Å². The fourth-order valence-electron chi connectivity index (χ4n) is 7.03. The first-order valence-corrected chi connectivity index (χ1v) is 17.7. The van der Waals surface area contributed by atoms with Gasteiger partial charge >= 0.3 is 14.7 Å². The number of nitrogens with zero attached hydrogens (tertiary/aromatic N) is 1. The van der Waals surface area contributed by atoms with E-state index in [1.54, 1.807) is 0 Å². The van der Waals surface area contributed by atoms with Crippen LogP contribution in [0.3, 0.4) is 0 Å². The zero-order valence-electron chi connectivity index (χ0n) is 27.4. The Balaban J connectivity index is 1.71. The van der Waals surface area contributed by atoms with Crippen LogP contribution in [0.1, 0.15) is 89.5 Å². The van der Waals surface area contributed by atoms with E-state index in [4.69, 9.17) is 18.0 Å². The second-order valence-corrected chi connectivity index (χ2v) is 17.3. The quantitative estimate of drug-likeness (QED) is 0.287. The summed E-state index contributed by atoms with van der Waals surface area (Å²) in [5.41, 5.74) is 2.46. The van der Waals surface area contributed by atoms with Crippen LogP contribution in [0, 0.1) is 25.7 Å². The van der Waals surface area contributed by atoms with Gasteiger partial charge in [0.05, 0.1) is 24.2 Å². The normalized spacial score (nSPS) is 25.2. The highest BCUT2D eigenvalue weighted by Gasteiger charge is 2.57. The van der Waals surface area contributed by atoms with Crippen molar-refractivity contribution in [1.29, 1.82) is 0 Å². The first-order valence-electron chi connectivity index (χ1n) is 15.8. The Morgan fingerprint density at radius 2 is 1.56 bits per heavy atom. The van der Waals surface area contributed by atoms with Crippen molar-refractivity contribution in [2.24, 2.45) is 11.8 Å². The lowest BCUT2D eigenvalue weighted by Crippen LogP contribution is -2.63. The molecule has 0 N–H and O–H groups in total. The number of carbonyl (C=O) groups excluding carboxylic acids is 2. The lowest BCUT2D eigenvalue weighted by Gasteiger charge is -2.53. The fourth-order valence-corrected chi connectivity index (χ4v) is 11.2. The average Bonchev–Trinajstić information content (AvgIpc) is 3.34. The van der Waals surface area contributed by atoms with Crippen LogP contribution in [0.2, 0.25) is 11.1 Å². The number of amides is 2. The zero-order valence-corrected chi connectivity index (χ0v) is 28.4. The van der Waals surface area contributed by atoms with Gasteiger partial charge < -0.3 is 18.0 Å². The van der Waals surface area contributed by atoms with E-state index in [1.165, 1.54) is 4.90 Å². The zero-order chi connectivity index (χ0) is 31.8. The minimum absolute atomic E-state index is 0.00186. The number of carbonyl (C=O) groups is 2. The SMILES string of the molecule is CCc1oc([C@@H](C)[C@H]2O[Si](C(C)C)(C(C)C)O[C@@H]([C@@H](C)C(=O)N3C(=O)OC[C@H]3Cc3ccccc3)[C@H]2C)c(C)c(=O)c1C. The molecule has 4 rings (SSSR count). The summed E-state index contributed by atoms with van der Waals surface area (Å²) < 4.78 is 25.9. The monoisotopic (exact) mass is 611 g/mol. The predicted molar refractivity (Wildman–Crippen MR) is 168 cm³/mol. The van der Waals surface area contributed by atoms with Crippen LogP contribution in [-0.4, -0.2) is 50.3 Å². The molecule has 1 aromatic heterocycles. The van der Waals surface area contributed by atoms with Crippen LogP contribution >= 0.6 is 0 Å². The van der Waals surface area contributed by atoms with E-state index >= 15 is 0 Å². The molecule has 2 aromatic rings. The molecule has 2 aliphatic heterocycles. The Morgan fingerprint density at radius 3 is 2.14 bits per heavy atom. The van der Waals surface area contributed by atoms with Gasteiger partial charge in [0.1, 0.15) is 18.1 Å². The van der Waals surface area contributed by atoms with Crippen LogP contribution in [0.5, 0.6) is 0 Å². The van der Waals surface area contributed by atoms with Crippen molar-refractivity contribution in [1.82, 2.24) is 4.90 Å². The molecule has 3 heterocycles. The largest absolute Gasteiger partial charge is 0.465 e. The highest BCUT2D eigenvalue weighted by molar-refractivity contribution is 6.70. The highest BCUT2D eigenvalue weighted by atomic mass is 28.4. The second-order valence-electron chi connectivity index (χ2n) is 13.1. The summed E-state index contributed by atoms with van der Waals surface area (Å²) in [6, 6.07) is 9.44. The molecular weight excluding hydrogens is 562 g/mol. The molecular formula is C34H49NO7Si. The van der Waals surface area contributed by atoms with Crippen molar-refractivity contribution in [3.8, 4) is 0 Å². The summed E-state index contributed by atoms with van der Waals surface area (Å²) in [7, 11) is -2.91. The minimum atomic E-state index is -2.91. The van der Waals surface area contributed by atoms with Gasteiger partial charge in [-0.05, 0) is 36.9 Å². The number of cyclic esters (lactones) is 1. The number of hydrogen-bond donors (Lipinski definition) is 0. The molecule has 236 valence electrons. The number of benzene rings is 1. The van der Waals surface area contributed by atoms with Crippen molar-refractivity contribution >= 4 is 20.6 Å². The lowest BCUT2D eigenvalue weighted by molar-refractivity contribution is -0.143. The first-order chi connectivity index (χ1) is 20.2. The Labute approximate surface area is 257 Å². The summed E-state index contributed by atoms with van der Waals surface area (Å²) in [6.45, 7) is 20.2. The summed E-state index contributed by atoms with van der Waals surface area (Å²) in [4.78, 5) is 41.6. The van der Waals surface area contributed by atoms with E-state index in [0.29, 0.717) is 35.5 Å². The molecule has 9 heteroatoms. The third kappa shape index (κ3) is 6.13. The van der Waals surface area contributed by atoms with Crippen molar-refractivity contribution in [3.05, 3.63) is 68.8 Å². The predicted octanol–water partition coefficient (Wildman–Crippen LogP) is 6.83. The van der Waals surface area contributed by atoms with Gasteiger partial charge in [0.2, 0.25) is 5.91 Å². The molecule has 0 unspecified atom stereocenters. The Hall–Kier alpha value is -2.75. The lowest BCUT2D eigenvalue weighted by atomic mass is 9.82. The summed E-state index contributed by atoms with van der Waals surface area (Å²) in [5, 5.41) is 0. The molecule has 8 nitrogen and oxygen atoms in total. The van der Waals surface area contributed by atoms with E-state index in [2.05, 4.69) is 27.7 Å². The molecule has 2 aliphatic rings. The van der Waals surface area contributed by atoms with Gasteiger partial charge in [0, 0.05) is 29.4 Å². The van der Waals surface area contributed by atoms with E-state index in [0.717, 1.165) is 5.56 Å². The molecule has 0 bridgehead atoms. The van der Waals surface area contributed by atoms with Gasteiger partial charge in [-0.2, -0.15) is 0 Å². The molecule has 43 heavy (non-hydrogen) atoms. The van der Waals surface area contributed by atoms with E-state index < -0.39 is 26.7 Å². The molecule has 0 saturated carbocycles. The fraction of sp³-hybridized carbons (Fsp3) is 0.618. The Morgan fingerprint density at radius 1 is 0.953 bits per heavy atom. The number of hydrogen-bond acceptors (Lipinski definition) is 7. The van der Waals surface area contributed by atoms with Gasteiger partial charge in [0.25, 0.3) is 0 Å². The third-order valence-electron chi connectivity index (χ3n) is 9.61. The second kappa shape index (κ2) is 13.1. The standard InChI is InChI=1S/C34H49NO7Si/c1-11-28-21(6)29(36)22(7)30(40-28)23(8)31-24(9)32(42-43(41-31,19(2)3)20(4)5)25(10)33(37)35-27(18-39-34(35)38)17-26-15-13-12-14-16-26/h12-16,19-20,23-25,27,31-32H,11,17-18H2,1-10H3/t23-,24+,25-,27-,31-,32-/m1/s1. The minimum Gasteiger partial charge on any atom is -0.465 e. The van der Waals surface area contributed by atoms with Crippen LogP contribution in [0.25, 0.3) is 0 Å². The maximum Gasteiger partial charge on any atom is 0.416 e. The summed E-state index contributed by atoms with van der Waals surface area (Å²) in [6.07, 6.45) is -0.323. The number of ether oxygens (including phenoxy) is 1. The van der Waals surface area contributed by atoms with Crippen molar-refractivity contribution in [2.75, 3.05) is 6.61 Å². The first kappa shape index (κ1) is 33.1. The Kier molecular flexibility index (Phi) is 10.1. The van der Waals surface area contributed by atoms with E-state index in [9.17, 15) is 14.4 Å². The molecule has 2 saturated heterocycles. The maximum absolute atomic E-state index is 14.2. The molecule has 0 spiro atoms. The van der Waals surface area contributed by atoms with Gasteiger partial charge in [-0.15, -0.1) is 0 Å². The molecule has 0 aliphatic carbocycles. The third-order valence-corrected chi connectivity index (χ3v) is 14.1.